The average molecular weight is 369 g/mol. The third-order valence-electron chi connectivity index (χ3n) is 3.25. The van der Waals surface area contributed by atoms with Crippen molar-refractivity contribution in [3.8, 4) is 0 Å². The first-order valence-corrected chi connectivity index (χ1v) is 9.38. The van der Waals surface area contributed by atoms with Gasteiger partial charge in [-0.1, -0.05) is 12.1 Å². The van der Waals surface area contributed by atoms with Crippen molar-refractivity contribution < 1.29 is 0 Å². The summed E-state index contributed by atoms with van der Waals surface area (Å²) >= 11 is 7.27. The molecule has 0 spiro atoms. The molecule has 1 aliphatic carbocycles. The number of halogens is 1. The first-order chi connectivity index (χ1) is 9.72. The number of thioether (sulfide) groups is 1. The van der Waals surface area contributed by atoms with Gasteiger partial charge in [0.05, 0.1) is 11.4 Å². The quantitative estimate of drug-likeness (QED) is 0.744. The topological polar surface area (TPSA) is 24.9 Å². The number of hydrogen-bond donors (Lipinski definition) is 1. The fraction of sp³-hybridized carbons (Fsp3) is 0.400. The molecule has 20 heavy (non-hydrogen) atoms. The number of aryl methyl sites for hydroxylation is 1. The number of nitrogens with zero attached hydrogens (tertiary/aromatic N) is 1. The van der Waals surface area contributed by atoms with E-state index >= 15 is 0 Å². The standard InChI is InChI=1S/C15H17BrN2S2/c1-10-14(8-17-11-6-7-11)20-15(18-10)9-19-13-5-3-2-4-12(13)16/h2-5,11,17H,6-9H2,1H3. The number of aromatic nitrogens is 1. The lowest BCUT2D eigenvalue weighted by molar-refractivity contribution is 0.691. The van der Waals surface area contributed by atoms with Gasteiger partial charge < -0.3 is 5.32 Å². The molecule has 1 N–H and O–H groups in total. The Hall–Kier alpha value is -0.360. The first kappa shape index (κ1) is 14.6. The SMILES string of the molecule is Cc1nc(CSc2ccccc2Br)sc1CNC1CC1. The van der Waals surface area contributed by atoms with Crippen LogP contribution in [0, 0.1) is 6.92 Å². The predicted molar refractivity (Wildman–Crippen MR) is 90.4 cm³/mol. The van der Waals surface area contributed by atoms with Gasteiger partial charge in [0.1, 0.15) is 5.01 Å². The van der Waals surface area contributed by atoms with Crippen molar-refractivity contribution in [1.82, 2.24) is 10.3 Å². The summed E-state index contributed by atoms with van der Waals surface area (Å²) in [5.41, 5.74) is 1.19. The molecule has 2 aromatic rings. The summed E-state index contributed by atoms with van der Waals surface area (Å²) in [6.45, 7) is 3.10. The summed E-state index contributed by atoms with van der Waals surface area (Å²) in [4.78, 5) is 7.36. The summed E-state index contributed by atoms with van der Waals surface area (Å²) in [7, 11) is 0. The number of benzene rings is 1. The maximum Gasteiger partial charge on any atom is 0.103 e. The number of hydrogen-bond acceptors (Lipinski definition) is 4. The van der Waals surface area contributed by atoms with Crippen LogP contribution < -0.4 is 5.32 Å². The average Bonchev–Trinajstić information content (AvgIpc) is 3.20. The zero-order valence-corrected chi connectivity index (χ0v) is 14.6. The van der Waals surface area contributed by atoms with Crippen molar-refractivity contribution in [2.24, 2.45) is 0 Å². The fourth-order valence-electron chi connectivity index (χ4n) is 1.94. The number of nitrogens with one attached hydrogen (secondary N) is 1. The minimum atomic E-state index is 0.759. The summed E-state index contributed by atoms with van der Waals surface area (Å²) in [5.74, 6) is 0.942. The molecule has 3 rings (SSSR count). The summed E-state index contributed by atoms with van der Waals surface area (Å²) < 4.78 is 1.16. The molecule has 0 unspecified atom stereocenters. The molecule has 0 amide bonds. The summed E-state index contributed by atoms with van der Waals surface area (Å²) in [6.07, 6.45) is 2.67. The number of rotatable bonds is 6. The van der Waals surface area contributed by atoms with Crippen LogP contribution in [-0.4, -0.2) is 11.0 Å². The Morgan fingerprint density at radius 1 is 1.40 bits per heavy atom. The van der Waals surface area contributed by atoms with Crippen LogP contribution in [0.4, 0.5) is 0 Å². The van der Waals surface area contributed by atoms with Crippen molar-refractivity contribution in [2.75, 3.05) is 0 Å². The molecular formula is C15H17BrN2S2. The van der Waals surface area contributed by atoms with E-state index in [1.165, 1.54) is 33.3 Å². The van der Waals surface area contributed by atoms with E-state index in [4.69, 9.17) is 4.98 Å². The Balaban J connectivity index is 1.59. The van der Waals surface area contributed by atoms with Crippen molar-refractivity contribution in [2.45, 2.75) is 43.0 Å². The summed E-state index contributed by atoms with van der Waals surface area (Å²) in [5, 5.41) is 4.78. The fourth-order valence-corrected chi connectivity index (χ4v) is 4.52. The van der Waals surface area contributed by atoms with Crippen LogP contribution in [0.2, 0.25) is 0 Å². The zero-order chi connectivity index (χ0) is 13.9. The van der Waals surface area contributed by atoms with Gasteiger partial charge in [-0.15, -0.1) is 23.1 Å². The molecule has 106 valence electrons. The van der Waals surface area contributed by atoms with Gasteiger partial charge in [0.15, 0.2) is 0 Å². The molecule has 1 aromatic carbocycles. The first-order valence-electron chi connectivity index (χ1n) is 6.78. The molecule has 0 bridgehead atoms. The minimum Gasteiger partial charge on any atom is -0.309 e. The molecule has 1 fully saturated rings. The highest BCUT2D eigenvalue weighted by atomic mass is 79.9. The van der Waals surface area contributed by atoms with Crippen LogP contribution in [0.5, 0.6) is 0 Å². The van der Waals surface area contributed by atoms with Gasteiger partial charge in [0, 0.05) is 26.8 Å². The Morgan fingerprint density at radius 2 is 2.20 bits per heavy atom. The maximum atomic E-state index is 4.70. The molecule has 0 aliphatic heterocycles. The normalized spacial score (nSPS) is 14.7. The Labute approximate surface area is 136 Å². The van der Waals surface area contributed by atoms with Crippen LogP contribution in [-0.2, 0) is 12.3 Å². The van der Waals surface area contributed by atoms with E-state index in [2.05, 4.69) is 46.4 Å². The van der Waals surface area contributed by atoms with Crippen LogP contribution in [0.15, 0.2) is 33.6 Å². The molecule has 1 aliphatic rings. The molecule has 5 heteroatoms. The van der Waals surface area contributed by atoms with Gasteiger partial charge in [-0.2, -0.15) is 0 Å². The Morgan fingerprint density at radius 3 is 2.95 bits per heavy atom. The molecule has 1 heterocycles. The van der Waals surface area contributed by atoms with E-state index in [0.29, 0.717) is 0 Å². The van der Waals surface area contributed by atoms with Crippen LogP contribution in [0.3, 0.4) is 0 Å². The predicted octanol–water partition coefficient (Wildman–Crippen LogP) is 4.76. The molecule has 2 nitrogen and oxygen atoms in total. The second-order valence-electron chi connectivity index (χ2n) is 4.99. The summed E-state index contributed by atoms with van der Waals surface area (Å²) in [6, 6.07) is 9.11. The smallest absolute Gasteiger partial charge is 0.103 e. The molecule has 0 atom stereocenters. The van der Waals surface area contributed by atoms with Gasteiger partial charge in [-0.3, -0.25) is 0 Å². The molecule has 0 radical (unpaired) electrons. The van der Waals surface area contributed by atoms with Crippen LogP contribution in [0.25, 0.3) is 0 Å². The van der Waals surface area contributed by atoms with Crippen LogP contribution in [0.1, 0.15) is 28.4 Å². The Kier molecular flexibility index (Phi) is 4.81. The van der Waals surface area contributed by atoms with Crippen molar-refractivity contribution in [3.05, 3.63) is 44.3 Å². The maximum absolute atomic E-state index is 4.70. The van der Waals surface area contributed by atoms with Crippen molar-refractivity contribution >= 4 is 39.0 Å². The van der Waals surface area contributed by atoms with Crippen LogP contribution >= 0.6 is 39.0 Å². The van der Waals surface area contributed by atoms with E-state index in [-0.39, 0.29) is 0 Å². The molecule has 1 saturated carbocycles. The second kappa shape index (κ2) is 6.60. The van der Waals surface area contributed by atoms with E-state index in [1.54, 1.807) is 0 Å². The van der Waals surface area contributed by atoms with E-state index in [1.807, 2.05) is 29.2 Å². The minimum absolute atomic E-state index is 0.759. The third-order valence-corrected chi connectivity index (χ3v) is 6.63. The van der Waals surface area contributed by atoms with E-state index in [9.17, 15) is 0 Å². The van der Waals surface area contributed by atoms with Gasteiger partial charge in [-0.25, -0.2) is 4.98 Å². The molecule has 1 aromatic heterocycles. The lowest BCUT2D eigenvalue weighted by atomic mass is 10.4. The highest BCUT2D eigenvalue weighted by Crippen LogP contribution is 2.31. The zero-order valence-electron chi connectivity index (χ0n) is 11.4. The van der Waals surface area contributed by atoms with Gasteiger partial charge >= 0.3 is 0 Å². The highest BCUT2D eigenvalue weighted by Gasteiger charge is 2.21. The van der Waals surface area contributed by atoms with Gasteiger partial charge in [0.25, 0.3) is 0 Å². The largest absolute Gasteiger partial charge is 0.309 e. The van der Waals surface area contributed by atoms with Gasteiger partial charge in [-0.05, 0) is 47.8 Å². The van der Waals surface area contributed by atoms with Gasteiger partial charge in [0.2, 0.25) is 0 Å². The molecular weight excluding hydrogens is 352 g/mol. The van der Waals surface area contributed by atoms with Crippen molar-refractivity contribution in [1.29, 1.82) is 0 Å². The third kappa shape index (κ3) is 3.85. The highest BCUT2D eigenvalue weighted by molar-refractivity contribution is 9.10. The van der Waals surface area contributed by atoms with Crippen molar-refractivity contribution in [3.63, 3.8) is 0 Å². The van der Waals surface area contributed by atoms with E-state index < -0.39 is 0 Å². The van der Waals surface area contributed by atoms with E-state index in [0.717, 1.165) is 22.8 Å². The molecule has 0 saturated heterocycles. The monoisotopic (exact) mass is 368 g/mol. The number of thiazole rings is 1. The Bertz CT molecular complexity index is 593. The lowest BCUT2D eigenvalue weighted by Gasteiger charge is -2.01. The lowest BCUT2D eigenvalue weighted by Crippen LogP contribution is -2.14. The second-order valence-corrected chi connectivity index (χ2v) is 8.03.